The Balaban J connectivity index is 3.28. The van der Waals surface area contributed by atoms with Crippen LogP contribution in [0.5, 0.6) is 0 Å². The molecule has 0 aliphatic rings. The molecule has 2 N–H and O–H groups in total. The smallest absolute Gasteiger partial charge is 0.134 e. The summed E-state index contributed by atoms with van der Waals surface area (Å²) in [4.78, 5) is 3.92. The standard InChI is InChI=1S/C7H9ClN2/c1-4-3-5(2)7(9)10-6(4)8/h3H,1-2H3,(H2,9,10). The molecule has 1 rings (SSSR count). The Kier molecular flexibility index (Phi) is 1.81. The Morgan fingerprint density at radius 1 is 1.40 bits per heavy atom. The molecule has 3 heteroatoms. The van der Waals surface area contributed by atoms with Gasteiger partial charge in [0.05, 0.1) is 0 Å². The van der Waals surface area contributed by atoms with Crippen LogP contribution in [0.4, 0.5) is 5.82 Å². The molecular weight excluding hydrogens is 148 g/mol. The third kappa shape index (κ3) is 1.21. The average molecular weight is 157 g/mol. The first-order chi connectivity index (χ1) is 4.61. The van der Waals surface area contributed by atoms with Crippen molar-refractivity contribution in [3.63, 3.8) is 0 Å². The van der Waals surface area contributed by atoms with E-state index in [1.807, 2.05) is 19.9 Å². The SMILES string of the molecule is Cc1cc(C)c(Cl)nc1N. The molecule has 2 nitrogen and oxygen atoms in total. The highest BCUT2D eigenvalue weighted by Gasteiger charge is 1.99. The number of hydrogen-bond donors (Lipinski definition) is 1. The van der Waals surface area contributed by atoms with Crippen LogP contribution in [0.25, 0.3) is 0 Å². The van der Waals surface area contributed by atoms with Crippen molar-refractivity contribution in [2.24, 2.45) is 0 Å². The number of hydrogen-bond acceptors (Lipinski definition) is 2. The molecule has 0 aliphatic heterocycles. The topological polar surface area (TPSA) is 38.9 Å². The largest absolute Gasteiger partial charge is 0.383 e. The number of aromatic nitrogens is 1. The Labute approximate surface area is 65.0 Å². The molecule has 0 atom stereocenters. The number of rotatable bonds is 0. The fourth-order valence-corrected chi connectivity index (χ4v) is 0.886. The number of nitrogens with zero attached hydrogens (tertiary/aromatic N) is 1. The van der Waals surface area contributed by atoms with E-state index in [1.165, 1.54) is 0 Å². The van der Waals surface area contributed by atoms with Gasteiger partial charge in [0.2, 0.25) is 0 Å². The van der Waals surface area contributed by atoms with Gasteiger partial charge in [-0.1, -0.05) is 11.6 Å². The van der Waals surface area contributed by atoms with Gasteiger partial charge in [-0.15, -0.1) is 0 Å². The summed E-state index contributed by atoms with van der Waals surface area (Å²) >= 11 is 5.69. The van der Waals surface area contributed by atoms with Gasteiger partial charge in [-0.2, -0.15) is 0 Å². The predicted molar refractivity (Wildman–Crippen MR) is 43.1 cm³/mol. The van der Waals surface area contributed by atoms with Crippen molar-refractivity contribution < 1.29 is 0 Å². The van der Waals surface area contributed by atoms with E-state index in [-0.39, 0.29) is 0 Å². The maximum absolute atomic E-state index is 5.69. The quantitative estimate of drug-likeness (QED) is 0.583. The van der Waals surface area contributed by atoms with E-state index < -0.39 is 0 Å². The van der Waals surface area contributed by atoms with Crippen molar-refractivity contribution in [3.8, 4) is 0 Å². The van der Waals surface area contributed by atoms with Crippen molar-refractivity contribution >= 4 is 17.4 Å². The number of anilines is 1. The minimum atomic E-state index is 0.489. The number of nitrogen functional groups attached to an aromatic ring is 1. The van der Waals surface area contributed by atoms with Crippen LogP contribution in [0.3, 0.4) is 0 Å². The van der Waals surface area contributed by atoms with E-state index in [0.717, 1.165) is 11.1 Å². The lowest BCUT2D eigenvalue weighted by Crippen LogP contribution is -1.95. The van der Waals surface area contributed by atoms with Crippen LogP contribution in [0.15, 0.2) is 6.07 Å². The van der Waals surface area contributed by atoms with Gasteiger partial charge in [-0.25, -0.2) is 4.98 Å². The second kappa shape index (κ2) is 2.46. The highest BCUT2D eigenvalue weighted by Crippen LogP contribution is 2.16. The number of nitrogens with two attached hydrogens (primary N) is 1. The summed E-state index contributed by atoms with van der Waals surface area (Å²) in [6.07, 6.45) is 0. The molecule has 0 saturated carbocycles. The van der Waals surface area contributed by atoms with Crippen LogP contribution in [-0.4, -0.2) is 4.98 Å². The summed E-state index contributed by atoms with van der Waals surface area (Å²) in [5.74, 6) is 0.510. The highest BCUT2D eigenvalue weighted by atomic mass is 35.5. The van der Waals surface area contributed by atoms with Gasteiger partial charge in [-0.3, -0.25) is 0 Å². The number of pyridine rings is 1. The highest BCUT2D eigenvalue weighted by molar-refractivity contribution is 6.30. The molecule has 10 heavy (non-hydrogen) atoms. The normalized spacial score (nSPS) is 9.90. The molecule has 1 heterocycles. The molecule has 0 saturated heterocycles. The summed E-state index contributed by atoms with van der Waals surface area (Å²) in [6.45, 7) is 3.81. The maximum atomic E-state index is 5.69. The lowest BCUT2D eigenvalue weighted by Gasteiger charge is -2.01. The van der Waals surface area contributed by atoms with Crippen LogP contribution in [-0.2, 0) is 0 Å². The van der Waals surface area contributed by atoms with E-state index in [2.05, 4.69) is 4.98 Å². The van der Waals surface area contributed by atoms with Gasteiger partial charge in [0.25, 0.3) is 0 Å². The van der Waals surface area contributed by atoms with Crippen LogP contribution in [0.1, 0.15) is 11.1 Å². The van der Waals surface area contributed by atoms with Crippen LogP contribution in [0, 0.1) is 13.8 Å². The van der Waals surface area contributed by atoms with E-state index in [9.17, 15) is 0 Å². The zero-order valence-electron chi connectivity index (χ0n) is 5.98. The van der Waals surface area contributed by atoms with Gasteiger partial charge in [-0.05, 0) is 31.0 Å². The van der Waals surface area contributed by atoms with Gasteiger partial charge in [0, 0.05) is 0 Å². The predicted octanol–water partition coefficient (Wildman–Crippen LogP) is 1.93. The lowest BCUT2D eigenvalue weighted by atomic mass is 10.2. The lowest BCUT2D eigenvalue weighted by molar-refractivity contribution is 1.23. The van der Waals surface area contributed by atoms with Crippen molar-refractivity contribution in [2.45, 2.75) is 13.8 Å². The second-order valence-corrected chi connectivity index (χ2v) is 2.66. The molecule has 0 aromatic carbocycles. The van der Waals surface area contributed by atoms with Gasteiger partial charge in [0.15, 0.2) is 0 Å². The molecule has 0 radical (unpaired) electrons. The molecule has 1 aromatic heterocycles. The molecule has 0 fully saturated rings. The maximum Gasteiger partial charge on any atom is 0.134 e. The summed E-state index contributed by atoms with van der Waals surface area (Å²) in [7, 11) is 0. The zero-order chi connectivity index (χ0) is 7.72. The molecule has 0 spiro atoms. The average Bonchev–Trinajstić information content (AvgIpc) is 1.84. The van der Waals surface area contributed by atoms with Crippen molar-refractivity contribution in [2.75, 3.05) is 5.73 Å². The van der Waals surface area contributed by atoms with Crippen LogP contribution < -0.4 is 5.73 Å². The molecule has 0 bridgehead atoms. The molecular formula is C7H9ClN2. The molecule has 0 unspecified atom stereocenters. The summed E-state index contributed by atoms with van der Waals surface area (Å²) in [5, 5.41) is 0.489. The van der Waals surface area contributed by atoms with Gasteiger partial charge < -0.3 is 5.73 Å². The molecule has 54 valence electrons. The monoisotopic (exact) mass is 156 g/mol. The number of halogens is 1. The molecule has 1 aromatic rings. The van der Waals surface area contributed by atoms with Crippen molar-refractivity contribution in [1.82, 2.24) is 4.98 Å². The molecule has 0 aliphatic carbocycles. The summed E-state index contributed by atoms with van der Waals surface area (Å²) in [6, 6.07) is 1.92. The Morgan fingerprint density at radius 3 is 2.50 bits per heavy atom. The van der Waals surface area contributed by atoms with Crippen LogP contribution in [0.2, 0.25) is 5.15 Å². The van der Waals surface area contributed by atoms with E-state index in [1.54, 1.807) is 0 Å². The van der Waals surface area contributed by atoms with Crippen LogP contribution >= 0.6 is 11.6 Å². The number of aryl methyl sites for hydroxylation is 2. The fourth-order valence-electron chi connectivity index (χ4n) is 0.740. The first-order valence-corrected chi connectivity index (χ1v) is 3.38. The third-order valence-corrected chi connectivity index (χ3v) is 1.76. The van der Waals surface area contributed by atoms with Crippen molar-refractivity contribution in [3.05, 3.63) is 22.3 Å². The zero-order valence-corrected chi connectivity index (χ0v) is 6.74. The Morgan fingerprint density at radius 2 is 2.00 bits per heavy atom. The Bertz CT molecular complexity index is 208. The second-order valence-electron chi connectivity index (χ2n) is 2.30. The minimum absolute atomic E-state index is 0.489. The van der Waals surface area contributed by atoms with E-state index >= 15 is 0 Å². The first-order valence-electron chi connectivity index (χ1n) is 3.00. The fraction of sp³-hybridized carbons (Fsp3) is 0.286. The minimum Gasteiger partial charge on any atom is -0.383 e. The Hall–Kier alpha value is -0.760. The third-order valence-electron chi connectivity index (χ3n) is 1.38. The molecule has 0 amide bonds. The first kappa shape index (κ1) is 7.35. The van der Waals surface area contributed by atoms with Crippen molar-refractivity contribution in [1.29, 1.82) is 0 Å². The van der Waals surface area contributed by atoms with E-state index in [4.69, 9.17) is 17.3 Å². The summed E-state index contributed by atoms with van der Waals surface area (Å²) in [5.41, 5.74) is 7.43. The van der Waals surface area contributed by atoms with Gasteiger partial charge >= 0.3 is 0 Å². The van der Waals surface area contributed by atoms with Gasteiger partial charge in [0.1, 0.15) is 11.0 Å². The van der Waals surface area contributed by atoms with E-state index in [0.29, 0.717) is 11.0 Å². The summed E-state index contributed by atoms with van der Waals surface area (Å²) < 4.78 is 0.